The summed E-state index contributed by atoms with van der Waals surface area (Å²) >= 11 is 7.88. The molecule has 0 saturated carbocycles. The molecular formula is C11H12ClIN2O4. The van der Waals surface area contributed by atoms with Gasteiger partial charge in [-0.15, -0.1) is 0 Å². The van der Waals surface area contributed by atoms with E-state index in [-0.39, 0.29) is 10.8 Å². The largest absolute Gasteiger partial charge is 0.464 e. The second-order valence-corrected chi connectivity index (χ2v) is 6.07. The Morgan fingerprint density at radius 1 is 1.47 bits per heavy atom. The third-order valence-electron chi connectivity index (χ3n) is 1.80. The van der Waals surface area contributed by atoms with Crippen LogP contribution in [0.15, 0.2) is 12.3 Å². The first-order chi connectivity index (χ1) is 8.63. The van der Waals surface area contributed by atoms with Gasteiger partial charge in [0.2, 0.25) is 0 Å². The maximum absolute atomic E-state index is 11.9. The van der Waals surface area contributed by atoms with Crippen LogP contribution in [0, 0.1) is 3.57 Å². The summed E-state index contributed by atoms with van der Waals surface area (Å²) in [5, 5.41) is 9.21. The average Bonchev–Trinajstić information content (AvgIpc) is 2.21. The molecule has 1 heterocycles. The zero-order valence-electron chi connectivity index (χ0n) is 10.5. The van der Waals surface area contributed by atoms with Gasteiger partial charge in [-0.1, -0.05) is 11.6 Å². The van der Waals surface area contributed by atoms with Crippen LogP contribution in [0.25, 0.3) is 0 Å². The van der Waals surface area contributed by atoms with Gasteiger partial charge in [-0.05, 0) is 49.4 Å². The molecule has 6 nitrogen and oxygen atoms in total. The van der Waals surface area contributed by atoms with Gasteiger partial charge in [-0.3, -0.25) is 0 Å². The van der Waals surface area contributed by atoms with Crippen LogP contribution in [0.2, 0.25) is 5.02 Å². The fraction of sp³-hybridized carbons (Fsp3) is 0.364. The summed E-state index contributed by atoms with van der Waals surface area (Å²) in [6.45, 7) is 4.90. The predicted octanol–water partition coefficient (Wildman–Crippen LogP) is 3.76. The third-order valence-corrected chi connectivity index (χ3v) is 3.39. The minimum Gasteiger partial charge on any atom is -0.464 e. The van der Waals surface area contributed by atoms with Crippen molar-refractivity contribution in [3.05, 3.63) is 20.9 Å². The first kappa shape index (κ1) is 16.0. The minimum absolute atomic E-state index is 0.0800. The number of carbonyl (C=O) groups excluding carboxylic acids is 1. The van der Waals surface area contributed by atoms with E-state index in [2.05, 4.69) is 4.98 Å². The second-order valence-electron chi connectivity index (χ2n) is 4.53. The molecule has 0 saturated heterocycles. The summed E-state index contributed by atoms with van der Waals surface area (Å²) in [6, 6.07) is 1.60. The lowest BCUT2D eigenvalue weighted by Gasteiger charge is -2.24. The van der Waals surface area contributed by atoms with Crippen LogP contribution in [0.3, 0.4) is 0 Å². The van der Waals surface area contributed by atoms with E-state index in [1.54, 1.807) is 26.8 Å². The molecule has 1 aromatic rings. The van der Waals surface area contributed by atoms with Crippen LogP contribution < -0.4 is 4.90 Å². The highest BCUT2D eigenvalue weighted by molar-refractivity contribution is 14.1. The van der Waals surface area contributed by atoms with Crippen molar-refractivity contribution in [2.24, 2.45) is 0 Å². The Balaban J connectivity index is 3.18. The van der Waals surface area contributed by atoms with Crippen molar-refractivity contribution in [2.75, 3.05) is 4.90 Å². The topological polar surface area (TPSA) is 79.7 Å². The SMILES string of the molecule is CC(C)(C)OC(=O)N(C(=O)O)c1nccc(I)c1Cl. The number of hydrogen-bond donors (Lipinski definition) is 1. The lowest BCUT2D eigenvalue weighted by molar-refractivity contribution is 0.0581. The second kappa shape index (κ2) is 5.91. The van der Waals surface area contributed by atoms with E-state index in [1.807, 2.05) is 22.6 Å². The average molecular weight is 399 g/mol. The Morgan fingerprint density at radius 2 is 2.05 bits per heavy atom. The summed E-state index contributed by atoms with van der Waals surface area (Å²) in [4.78, 5) is 27.3. The van der Waals surface area contributed by atoms with Gasteiger partial charge in [0.05, 0.1) is 5.02 Å². The van der Waals surface area contributed by atoms with Crippen molar-refractivity contribution in [1.82, 2.24) is 4.98 Å². The van der Waals surface area contributed by atoms with Crippen LogP contribution in [-0.4, -0.2) is 27.9 Å². The number of hydrogen-bond acceptors (Lipinski definition) is 4. The fourth-order valence-electron chi connectivity index (χ4n) is 1.13. The first-order valence-electron chi connectivity index (χ1n) is 5.19. The number of nitrogens with zero attached hydrogens (tertiary/aromatic N) is 2. The van der Waals surface area contributed by atoms with E-state index in [1.165, 1.54) is 6.20 Å². The first-order valence-corrected chi connectivity index (χ1v) is 6.65. The number of ether oxygens (including phenoxy) is 1. The van der Waals surface area contributed by atoms with E-state index in [9.17, 15) is 9.59 Å². The number of carbonyl (C=O) groups is 2. The zero-order valence-corrected chi connectivity index (χ0v) is 13.4. The van der Waals surface area contributed by atoms with Crippen molar-refractivity contribution >= 4 is 52.2 Å². The third kappa shape index (κ3) is 4.20. The van der Waals surface area contributed by atoms with E-state index < -0.39 is 17.8 Å². The molecule has 19 heavy (non-hydrogen) atoms. The number of carboxylic acid groups (broad SMARTS) is 1. The van der Waals surface area contributed by atoms with Gasteiger partial charge in [-0.25, -0.2) is 14.6 Å². The van der Waals surface area contributed by atoms with E-state index >= 15 is 0 Å². The van der Waals surface area contributed by atoms with Crippen LogP contribution in [0.5, 0.6) is 0 Å². The van der Waals surface area contributed by atoms with Crippen molar-refractivity contribution < 1.29 is 19.4 Å². The Morgan fingerprint density at radius 3 is 2.53 bits per heavy atom. The Kier molecular flexibility index (Phi) is 4.97. The molecule has 1 aromatic heterocycles. The predicted molar refractivity (Wildman–Crippen MR) is 78.7 cm³/mol. The lowest BCUT2D eigenvalue weighted by Crippen LogP contribution is -2.41. The molecule has 1 rings (SSSR count). The van der Waals surface area contributed by atoms with Crippen molar-refractivity contribution in [1.29, 1.82) is 0 Å². The highest BCUT2D eigenvalue weighted by Crippen LogP contribution is 2.29. The minimum atomic E-state index is -1.51. The van der Waals surface area contributed by atoms with Gasteiger partial charge in [0.1, 0.15) is 5.60 Å². The van der Waals surface area contributed by atoms with Gasteiger partial charge in [0, 0.05) is 9.77 Å². The van der Waals surface area contributed by atoms with E-state index in [4.69, 9.17) is 21.4 Å². The highest BCUT2D eigenvalue weighted by Gasteiger charge is 2.31. The Labute approximate surface area is 128 Å². The van der Waals surface area contributed by atoms with Gasteiger partial charge < -0.3 is 9.84 Å². The molecule has 0 spiro atoms. The molecule has 0 aliphatic rings. The number of amides is 2. The molecule has 8 heteroatoms. The van der Waals surface area contributed by atoms with Crippen molar-refractivity contribution in [3.8, 4) is 0 Å². The molecule has 2 amide bonds. The Hall–Kier alpha value is -1.09. The molecule has 0 unspecified atom stereocenters. The molecule has 0 aliphatic carbocycles. The van der Waals surface area contributed by atoms with Crippen LogP contribution >= 0.6 is 34.2 Å². The fourth-order valence-corrected chi connectivity index (χ4v) is 1.73. The summed E-state index contributed by atoms with van der Waals surface area (Å²) in [7, 11) is 0. The summed E-state index contributed by atoms with van der Waals surface area (Å²) < 4.78 is 5.60. The quantitative estimate of drug-likeness (QED) is 0.729. The lowest BCUT2D eigenvalue weighted by atomic mass is 10.2. The van der Waals surface area contributed by atoms with Crippen LogP contribution in [-0.2, 0) is 4.74 Å². The van der Waals surface area contributed by atoms with Crippen LogP contribution in [0.1, 0.15) is 20.8 Å². The van der Waals surface area contributed by atoms with Gasteiger partial charge >= 0.3 is 12.2 Å². The standard InChI is InChI=1S/C11H12ClIN2O4/c1-11(2,3)19-10(18)15(9(16)17)8-7(12)6(13)4-5-14-8/h4-5H,1-3H3,(H,16,17). The normalized spacial score (nSPS) is 11.0. The molecule has 104 valence electrons. The number of pyridine rings is 1. The highest BCUT2D eigenvalue weighted by atomic mass is 127. The summed E-state index contributed by atoms with van der Waals surface area (Å²) in [5.74, 6) is -0.171. The molecule has 0 atom stereocenters. The molecule has 0 fully saturated rings. The van der Waals surface area contributed by atoms with E-state index in [0.29, 0.717) is 8.47 Å². The van der Waals surface area contributed by atoms with Gasteiger partial charge in [0.15, 0.2) is 5.82 Å². The zero-order chi connectivity index (χ0) is 14.8. The maximum atomic E-state index is 11.9. The molecule has 0 radical (unpaired) electrons. The summed E-state index contributed by atoms with van der Waals surface area (Å²) in [6.07, 6.45) is -1.19. The molecule has 0 bridgehead atoms. The molecular weight excluding hydrogens is 386 g/mol. The molecule has 0 aliphatic heterocycles. The maximum Gasteiger partial charge on any atom is 0.425 e. The molecule has 0 aromatic carbocycles. The number of halogens is 2. The summed E-state index contributed by atoms with van der Waals surface area (Å²) in [5.41, 5.74) is -0.820. The smallest absolute Gasteiger partial charge is 0.425 e. The number of imide groups is 1. The van der Waals surface area contributed by atoms with Crippen molar-refractivity contribution in [2.45, 2.75) is 26.4 Å². The monoisotopic (exact) mass is 398 g/mol. The van der Waals surface area contributed by atoms with Gasteiger partial charge in [0.25, 0.3) is 0 Å². The van der Waals surface area contributed by atoms with Crippen LogP contribution in [0.4, 0.5) is 15.4 Å². The number of aromatic nitrogens is 1. The van der Waals surface area contributed by atoms with Crippen molar-refractivity contribution in [3.63, 3.8) is 0 Å². The molecule has 1 N–H and O–H groups in total. The number of anilines is 1. The number of rotatable bonds is 1. The van der Waals surface area contributed by atoms with Gasteiger partial charge in [-0.2, -0.15) is 4.90 Å². The van der Waals surface area contributed by atoms with E-state index in [0.717, 1.165) is 0 Å². The Bertz CT molecular complexity index is 516.